The lowest BCUT2D eigenvalue weighted by Crippen LogP contribution is -2.49. The van der Waals surface area contributed by atoms with Gasteiger partial charge in [-0.05, 0) is 12.1 Å². The minimum absolute atomic E-state index is 0.118. The zero-order valence-electron chi connectivity index (χ0n) is 12.0. The second kappa shape index (κ2) is 6.53. The highest BCUT2D eigenvalue weighted by molar-refractivity contribution is 5.43. The summed E-state index contributed by atoms with van der Waals surface area (Å²) in [4.78, 5) is 1.43. The molecule has 0 aliphatic carbocycles. The number of piperazine rings is 1. The maximum Gasteiger partial charge on any atom is 0.408 e. The van der Waals surface area contributed by atoms with Crippen LogP contribution in [-0.2, 0) is 0 Å². The maximum atomic E-state index is 13.5. The van der Waals surface area contributed by atoms with Gasteiger partial charge in [0.05, 0.1) is 14.2 Å². The van der Waals surface area contributed by atoms with Crippen LogP contribution in [0.5, 0.6) is 11.5 Å². The van der Waals surface area contributed by atoms with Crippen molar-refractivity contribution in [1.82, 2.24) is 10.2 Å². The highest BCUT2D eigenvalue weighted by Gasteiger charge is 2.46. The van der Waals surface area contributed by atoms with Gasteiger partial charge in [0.2, 0.25) is 0 Å². The third-order valence-corrected chi connectivity index (χ3v) is 3.56. The predicted molar refractivity (Wildman–Crippen MR) is 72.8 cm³/mol. The molecule has 1 heterocycles. The summed E-state index contributed by atoms with van der Waals surface area (Å²) >= 11 is 0. The lowest BCUT2D eigenvalue weighted by atomic mass is 10.0. The predicted octanol–water partition coefficient (Wildman–Crippen LogP) is 2.21. The standard InChI is InChI=1S/C14H19F3N2O2/c1-20-10-3-4-11(12(9-10)21-2)13(14(15,16)17)19-7-5-18-6-8-19/h3-4,9,13,18H,5-8H2,1-2H3/t13-/m0/s1. The summed E-state index contributed by atoms with van der Waals surface area (Å²) in [6.45, 7) is 1.79. The van der Waals surface area contributed by atoms with Crippen molar-refractivity contribution in [1.29, 1.82) is 0 Å². The van der Waals surface area contributed by atoms with Crippen LogP contribution in [0.15, 0.2) is 18.2 Å². The fourth-order valence-electron chi connectivity index (χ4n) is 2.56. The molecule has 1 aromatic carbocycles. The molecule has 1 fully saturated rings. The van der Waals surface area contributed by atoms with Crippen LogP contribution >= 0.6 is 0 Å². The first-order valence-electron chi connectivity index (χ1n) is 6.70. The molecule has 1 N–H and O–H groups in total. The van der Waals surface area contributed by atoms with E-state index < -0.39 is 12.2 Å². The van der Waals surface area contributed by atoms with E-state index in [0.29, 0.717) is 31.9 Å². The molecule has 1 saturated heterocycles. The van der Waals surface area contributed by atoms with Crippen LogP contribution < -0.4 is 14.8 Å². The van der Waals surface area contributed by atoms with Gasteiger partial charge in [-0.3, -0.25) is 4.90 Å². The van der Waals surface area contributed by atoms with Crippen molar-refractivity contribution in [3.8, 4) is 11.5 Å². The average Bonchev–Trinajstić information content (AvgIpc) is 2.47. The molecule has 0 saturated carbocycles. The number of halogens is 3. The Kier molecular flexibility index (Phi) is 4.95. The van der Waals surface area contributed by atoms with Gasteiger partial charge in [-0.15, -0.1) is 0 Å². The molecule has 118 valence electrons. The molecular formula is C14H19F3N2O2. The number of benzene rings is 1. The summed E-state index contributed by atoms with van der Waals surface area (Å²) in [7, 11) is 2.83. The van der Waals surface area contributed by atoms with E-state index in [9.17, 15) is 13.2 Å². The van der Waals surface area contributed by atoms with Crippen molar-refractivity contribution in [2.45, 2.75) is 12.2 Å². The number of rotatable bonds is 4. The Morgan fingerprint density at radius 2 is 1.81 bits per heavy atom. The summed E-state index contributed by atoms with van der Waals surface area (Å²) in [6, 6.07) is 2.77. The zero-order valence-corrected chi connectivity index (χ0v) is 12.0. The number of nitrogens with one attached hydrogen (secondary N) is 1. The normalized spacial score (nSPS) is 18.3. The summed E-state index contributed by atoms with van der Waals surface area (Å²) in [5, 5.41) is 3.06. The van der Waals surface area contributed by atoms with Gasteiger partial charge >= 0.3 is 6.18 Å². The molecule has 1 aliphatic rings. The number of nitrogens with zero attached hydrogens (tertiary/aromatic N) is 1. The molecule has 0 bridgehead atoms. The van der Waals surface area contributed by atoms with Crippen LogP contribution in [0, 0.1) is 0 Å². The summed E-state index contributed by atoms with van der Waals surface area (Å²) < 4.78 is 50.8. The first-order valence-corrected chi connectivity index (χ1v) is 6.70. The van der Waals surface area contributed by atoms with E-state index in [0.717, 1.165) is 0 Å². The smallest absolute Gasteiger partial charge is 0.408 e. The average molecular weight is 304 g/mol. The van der Waals surface area contributed by atoms with E-state index in [1.165, 1.54) is 37.3 Å². The van der Waals surface area contributed by atoms with Crippen molar-refractivity contribution in [2.24, 2.45) is 0 Å². The van der Waals surface area contributed by atoms with Gasteiger partial charge in [-0.2, -0.15) is 13.2 Å². The number of ether oxygens (including phenoxy) is 2. The Labute approximate surface area is 121 Å². The van der Waals surface area contributed by atoms with Crippen LogP contribution in [0.2, 0.25) is 0 Å². The summed E-state index contributed by atoms with van der Waals surface area (Å²) in [6.07, 6.45) is -4.36. The third-order valence-electron chi connectivity index (χ3n) is 3.56. The Morgan fingerprint density at radius 3 is 2.33 bits per heavy atom. The van der Waals surface area contributed by atoms with Gasteiger partial charge in [0.15, 0.2) is 0 Å². The van der Waals surface area contributed by atoms with E-state index in [1.54, 1.807) is 0 Å². The first-order chi connectivity index (χ1) is 9.97. The third kappa shape index (κ3) is 3.59. The largest absolute Gasteiger partial charge is 0.497 e. The van der Waals surface area contributed by atoms with E-state index >= 15 is 0 Å². The molecule has 0 amide bonds. The second-order valence-corrected chi connectivity index (χ2v) is 4.84. The molecule has 1 atom stereocenters. The minimum atomic E-state index is -4.36. The van der Waals surface area contributed by atoms with Crippen LogP contribution in [0.4, 0.5) is 13.2 Å². The van der Waals surface area contributed by atoms with Crippen molar-refractivity contribution in [3.05, 3.63) is 23.8 Å². The van der Waals surface area contributed by atoms with Crippen LogP contribution in [0.3, 0.4) is 0 Å². The fraction of sp³-hybridized carbons (Fsp3) is 0.571. The molecule has 1 aromatic rings. The lowest BCUT2D eigenvalue weighted by Gasteiger charge is -2.36. The monoisotopic (exact) mass is 304 g/mol. The van der Waals surface area contributed by atoms with E-state index in [2.05, 4.69) is 5.32 Å². The Balaban J connectivity index is 2.40. The van der Waals surface area contributed by atoms with Crippen LogP contribution in [0.25, 0.3) is 0 Å². The zero-order chi connectivity index (χ0) is 15.5. The molecule has 21 heavy (non-hydrogen) atoms. The summed E-state index contributed by atoms with van der Waals surface area (Å²) in [5.41, 5.74) is 0.118. The Hall–Kier alpha value is -1.47. The van der Waals surface area contributed by atoms with E-state index in [-0.39, 0.29) is 11.3 Å². The number of methoxy groups -OCH3 is 2. The van der Waals surface area contributed by atoms with Gasteiger partial charge < -0.3 is 14.8 Å². The quantitative estimate of drug-likeness (QED) is 0.925. The molecule has 1 aliphatic heterocycles. The van der Waals surface area contributed by atoms with Crippen molar-refractivity contribution >= 4 is 0 Å². The topological polar surface area (TPSA) is 33.7 Å². The molecular weight excluding hydrogens is 285 g/mol. The van der Waals surface area contributed by atoms with Crippen molar-refractivity contribution in [2.75, 3.05) is 40.4 Å². The maximum absolute atomic E-state index is 13.5. The van der Waals surface area contributed by atoms with Gasteiger partial charge in [0, 0.05) is 37.8 Å². The van der Waals surface area contributed by atoms with E-state index in [4.69, 9.17) is 9.47 Å². The minimum Gasteiger partial charge on any atom is -0.497 e. The fourth-order valence-corrected chi connectivity index (χ4v) is 2.56. The number of hydrogen-bond donors (Lipinski definition) is 1. The number of alkyl halides is 3. The lowest BCUT2D eigenvalue weighted by molar-refractivity contribution is -0.188. The molecule has 0 radical (unpaired) electrons. The van der Waals surface area contributed by atoms with Gasteiger partial charge in [-0.1, -0.05) is 0 Å². The Morgan fingerprint density at radius 1 is 1.14 bits per heavy atom. The highest BCUT2D eigenvalue weighted by Crippen LogP contribution is 2.42. The van der Waals surface area contributed by atoms with Crippen LogP contribution in [0.1, 0.15) is 11.6 Å². The van der Waals surface area contributed by atoms with E-state index in [1.807, 2.05) is 0 Å². The molecule has 7 heteroatoms. The Bertz CT molecular complexity index is 474. The van der Waals surface area contributed by atoms with Crippen molar-refractivity contribution in [3.63, 3.8) is 0 Å². The molecule has 0 unspecified atom stereocenters. The molecule has 0 aromatic heterocycles. The molecule has 0 spiro atoms. The highest BCUT2D eigenvalue weighted by atomic mass is 19.4. The van der Waals surface area contributed by atoms with Gasteiger partial charge in [-0.25, -0.2) is 0 Å². The van der Waals surface area contributed by atoms with Crippen molar-refractivity contribution < 1.29 is 22.6 Å². The van der Waals surface area contributed by atoms with Gasteiger partial charge in [0.25, 0.3) is 0 Å². The number of hydrogen-bond acceptors (Lipinski definition) is 4. The SMILES string of the molecule is COc1ccc([C@H](N2CCNCC2)C(F)(F)F)c(OC)c1. The molecule has 4 nitrogen and oxygen atoms in total. The first kappa shape index (κ1) is 15.9. The van der Waals surface area contributed by atoms with Crippen LogP contribution in [-0.4, -0.2) is 51.5 Å². The van der Waals surface area contributed by atoms with Gasteiger partial charge in [0.1, 0.15) is 17.5 Å². The summed E-state index contributed by atoms with van der Waals surface area (Å²) in [5.74, 6) is 0.659. The molecule has 2 rings (SSSR count). The second-order valence-electron chi connectivity index (χ2n) is 4.84.